The average molecular weight is 434 g/mol. The molecule has 4 atom stereocenters. The van der Waals surface area contributed by atoms with Gasteiger partial charge in [-0.05, 0) is 6.07 Å². The van der Waals surface area contributed by atoms with Gasteiger partial charge in [0.15, 0.2) is 0 Å². The van der Waals surface area contributed by atoms with Crippen molar-refractivity contribution in [1.29, 1.82) is 0 Å². The Morgan fingerprint density at radius 1 is 1.24 bits per heavy atom. The van der Waals surface area contributed by atoms with Crippen LogP contribution in [0.4, 0.5) is 13.2 Å². The number of rotatable bonds is 4. The summed E-state index contributed by atoms with van der Waals surface area (Å²) >= 11 is 0. The van der Waals surface area contributed by atoms with Crippen molar-refractivity contribution < 1.29 is 31.5 Å². The second-order valence-corrected chi connectivity index (χ2v) is 7.14. The van der Waals surface area contributed by atoms with E-state index in [0.717, 1.165) is 10.1 Å². The molecule has 1 N–H and O–H groups in total. The lowest BCUT2D eigenvalue weighted by Gasteiger charge is -2.24. The first-order valence-electron chi connectivity index (χ1n) is 8.56. The summed E-state index contributed by atoms with van der Waals surface area (Å²) in [5.74, 6) is 0.687. The molecule has 1 fully saturated rings. The van der Waals surface area contributed by atoms with E-state index in [2.05, 4.69) is 4.98 Å². The molecular formula is C17H18F3N2O6P. The largest absolute Gasteiger partial charge is 0.426 e. The lowest BCUT2D eigenvalue weighted by Crippen LogP contribution is -2.31. The molecule has 3 heterocycles. The molecule has 2 aromatic rings. The molecule has 158 valence electrons. The minimum atomic E-state index is -1.75. The third-order valence-electron chi connectivity index (χ3n) is 4.14. The highest BCUT2D eigenvalue weighted by atomic mass is 31.2. The summed E-state index contributed by atoms with van der Waals surface area (Å²) in [6, 6.07) is 8.64. The van der Waals surface area contributed by atoms with Crippen LogP contribution >= 0.6 is 8.60 Å². The summed E-state index contributed by atoms with van der Waals surface area (Å²) in [6.45, 7) is -1.45. The second-order valence-electron chi connectivity index (χ2n) is 5.99. The van der Waals surface area contributed by atoms with Crippen molar-refractivity contribution >= 4 is 8.60 Å². The molecule has 0 amide bonds. The Labute approximate surface area is 164 Å². The number of aromatic amines is 1. The molecular weight excluding hydrogens is 416 g/mol. The van der Waals surface area contributed by atoms with Gasteiger partial charge >= 0.3 is 14.3 Å². The SMILES string of the molecule is FCF.O=c1ccn(C2CC(F)C(COP3OCc4ccccc4O3)O2)c(=O)[nH]1. The van der Waals surface area contributed by atoms with E-state index in [0.29, 0.717) is 12.4 Å². The normalized spacial score (nSPS) is 25.5. The maximum Gasteiger partial charge on any atom is 0.397 e. The number of hydrogen-bond donors (Lipinski definition) is 1. The smallest absolute Gasteiger partial charge is 0.397 e. The molecule has 4 rings (SSSR count). The van der Waals surface area contributed by atoms with Crippen LogP contribution in [0.3, 0.4) is 0 Å². The van der Waals surface area contributed by atoms with E-state index >= 15 is 0 Å². The van der Waals surface area contributed by atoms with Crippen LogP contribution in [-0.4, -0.2) is 35.4 Å². The number of alkyl halides is 3. The van der Waals surface area contributed by atoms with Gasteiger partial charge in [-0.25, -0.2) is 18.0 Å². The van der Waals surface area contributed by atoms with E-state index in [-0.39, 0.29) is 13.0 Å². The van der Waals surface area contributed by atoms with Crippen LogP contribution in [0.1, 0.15) is 18.2 Å². The van der Waals surface area contributed by atoms with Crippen LogP contribution in [0.15, 0.2) is 46.1 Å². The Morgan fingerprint density at radius 3 is 2.76 bits per heavy atom. The summed E-state index contributed by atoms with van der Waals surface area (Å²) in [5, 5.41) is 0. The van der Waals surface area contributed by atoms with Gasteiger partial charge in [0.25, 0.3) is 5.56 Å². The minimum Gasteiger partial charge on any atom is -0.426 e. The average Bonchev–Trinajstić information content (AvgIpc) is 3.07. The van der Waals surface area contributed by atoms with Crippen molar-refractivity contribution in [2.24, 2.45) is 0 Å². The van der Waals surface area contributed by atoms with E-state index in [9.17, 15) is 22.8 Å². The van der Waals surface area contributed by atoms with Crippen LogP contribution in [-0.2, 0) is 20.4 Å². The Balaban J connectivity index is 0.000000755. The summed E-state index contributed by atoms with van der Waals surface area (Å²) in [4.78, 5) is 25.0. The fourth-order valence-corrected chi connectivity index (χ4v) is 3.83. The topological polar surface area (TPSA) is 91.8 Å². The van der Waals surface area contributed by atoms with Crippen molar-refractivity contribution in [2.75, 3.05) is 13.5 Å². The highest BCUT2D eigenvalue weighted by Gasteiger charge is 2.38. The van der Waals surface area contributed by atoms with Gasteiger partial charge in [0, 0.05) is 24.2 Å². The number of halogens is 3. The zero-order chi connectivity index (χ0) is 20.8. The Morgan fingerprint density at radius 2 is 2.00 bits per heavy atom. The molecule has 0 spiro atoms. The number of nitrogens with zero attached hydrogens (tertiary/aromatic N) is 1. The molecule has 0 bridgehead atoms. The number of ether oxygens (including phenoxy) is 1. The Bertz CT molecular complexity index is 926. The highest BCUT2D eigenvalue weighted by molar-refractivity contribution is 7.42. The van der Waals surface area contributed by atoms with Gasteiger partial charge in [-0.1, -0.05) is 18.2 Å². The van der Waals surface area contributed by atoms with Gasteiger partial charge in [-0.15, -0.1) is 0 Å². The fourth-order valence-electron chi connectivity index (χ4n) is 2.80. The zero-order valence-corrected chi connectivity index (χ0v) is 15.9. The molecule has 1 aromatic heterocycles. The number of nitrogens with one attached hydrogen (secondary N) is 1. The van der Waals surface area contributed by atoms with Crippen molar-refractivity contribution in [2.45, 2.75) is 31.5 Å². The van der Waals surface area contributed by atoms with Crippen molar-refractivity contribution in [3.05, 3.63) is 62.9 Å². The van der Waals surface area contributed by atoms with Crippen molar-refractivity contribution in [1.82, 2.24) is 9.55 Å². The number of aromatic nitrogens is 2. The molecule has 0 aliphatic carbocycles. The molecule has 8 nitrogen and oxygen atoms in total. The van der Waals surface area contributed by atoms with E-state index in [4.69, 9.17) is 18.3 Å². The van der Waals surface area contributed by atoms with E-state index in [1.54, 1.807) is 0 Å². The van der Waals surface area contributed by atoms with Crippen molar-refractivity contribution in [3.63, 3.8) is 0 Å². The highest BCUT2D eigenvalue weighted by Crippen LogP contribution is 2.47. The van der Waals surface area contributed by atoms with Gasteiger partial charge in [-0.2, -0.15) is 0 Å². The summed E-state index contributed by atoms with van der Waals surface area (Å²) < 4.78 is 56.9. The molecule has 0 saturated carbocycles. The third kappa shape index (κ3) is 5.45. The quantitative estimate of drug-likeness (QED) is 0.745. The Kier molecular flexibility index (Phi) is 7.43. The number of fused-ring (bicyclic) bond motifs is 1. The monoisotopic (exact) mass is 434 g/mol. The van der Waals surface area contributed by atoms with Gasteiger partial charge < -0.3 is 9.26 Å². The Hall–Kier alpha value is -2.20. The van der Waals surface area contributed by atoms with Gasteiger partial charge in [-0.3, -0.25) is 23.4 Å². The summed E-state index contributed by atoms with van der Waals surface area (Å²) in [5.41, 5.74) is -0.236. The first-order valence-corrected chi connectivity index (χ1v) is 9.66. The van der Waals surface area contributed by atoms with Gasteiger partial charge in [0.2, 0.25) is 6.93 Å². The van der Waals surface area contributed by atoms with Gasteiger partial charge in [0.05, 0.1) is 13.2 Å². The van der Waals surface area contributed by atoms with Crippen LogP contribution in [0.5, 0.6) is 5.75 Å². The molecule has 1 aromatic carbocycles. The molecule has 4 unspecified atom stereocenters. The van der Waals surface area contributed by atoms with E-state index in [1.165, 1.54) is 12.3 Å². The van der Waals surface area contributed by atoms with Crippen LogP contribution < -0.4 is 15.8 Å². The predicted octanol–water partition coefficient (Wildman–Crippen LogP) is 2.90. The maximum absolute atomic E-state index is 14.3. The molecule has 1 saturated heterocycles. The van der Waals surface area contributed by atoms with Gasteiger partial charge in [0.1, 0.15) is 24.3 Å². The van der Waals surface area contributed by atoms with E-state index < -0.39 is 45.3 Å². The van der Waals surface area contributed by atoms with Crippen LogP contribution in [0, 0.1) is 0 Å². The molecule has 0 radical (unpaired) electrons. The third-order valence-corrected chi connectivity index (χ3v) is 5.18. The first-order chi connectivity index (χ1) is 14.0. The lowest BCUT2D eigenvalue weighted by atomic mass is 10.2. The molecule has 29 heavy (non-hydrogen) atoms. The minimum absolute atomic E-state index is 0.0115. The van der Waals surface area contributed by atoms with Crippen LogP contribution in [0.2, 0.25) is 0 Å². The molecule has 12 heteroatoms. The number of hydrogen-bond acceptors (Lipinski definition) is 6. The predicted molar refractivity (Wildman–Crippen MR) is 96.6 cm³/mol. The standard InChI is InChI=1S/C16H16FN2O6P.CH2F2/c17-11-7-15(19-6-5-14(20)18-16(19)21)24-13(11)9-23-26-22-8-10-3-1-2-4-12(10)25-26;2-1-3/h1-6,11,13,15H,7-9H2,(H,18,20,21);1H2. The second kappa shape index (κ2) is 10.0. The van der Waals surface area contributed by atoms with Crippen molar-refractivity contribution in [3.8, 4) is 5.75 Å². The number of para-hydroxylation sites is 1. The fraction of sp³-hybridized carbons (Fsp3) is 0.412. The molecule has 2 aliphatic rings. The lowest BCUT2D eigenvalue weighted by molar-refractivity contribution is -0.0335. The number of benzene rings is 1. The number of H-pyrrole nitrogens is 1. The maximum atomic E-state index is 14.3. The first kappa shape index (κ1) is 21.5. The summed E-state index contributed by atoms with van der Waals surface area (Å²) in [7, 11) is -1.64. The van der Waals surface area contributed by atoms with Crippen LogP contribution in [0.25, 0.3) is 0 Å². The zero-order valence-electron chi connectivity index (χ0n) is 15.0. The van der Waals surface area contributed by atoms with E-state index in [1.807, 2.05) is 24.3 Å². The summed E-state index contributed by atoms with van der Waals surface area (Å²) in [6.07, 6.45) is -1.69. The molecule has 2 aliphatic heterocycles.